The summed E-state index contributed by atoms with van der Waals surface area (Å²) in [6, 6.07) is 0. The summed E-state index contributed by atoms with van der Waals surface area (Å²) < 4.78 is 34.2. The molecule has 0 amide bonds. The van der Waals surface area contributed by atoms with E-state index in [1.54, 1.807) is 0 Å². The Morgan fingerprint density at radius 2 is 1.89 bits per heavy atom. The van der Waals surface area contributed by atoms with Gasteiger partial charge in [-0.15, -0.1) is 4.67 Å². The van der Waals surface area contributed by atoms with Gasteiger partial charge in [0.25, 0.3) is 0 Å². The summed E-state index contributed by atoms with van der Waals surface area (Å²) in [5.41, 5.74) is 0. The Morgan fingerprint density at radius 1 is 1.44 bits per heavy atom. The van der Waals surface area contributed by atoms with Crippen LogP contribution in [0, 0.1) is 0 Å². The summed E-state index contributed by atoms with van der Waals surface area (Å²) in [6.07, 6.45) is 0. The van der Waals surface area contributed by atoms with Gasteiger partial charge in [-0.05, 0) is 0 Å². The van der Waals surface area contributed by atoms with Gasteiger partial charge in [-0.1, -0.05) is 0 Å². The lowest BCUT2D eigenvalue weighted by Crippen LogP contribution is -1.98. The first-order valence-corrected chi connectivity index (χ1v) is 3.13. The van der Waals surface area contributed by atoms with Crippen molar-refractivity contribution in [3.63, 3.8) is 0 Å². The topological polar surface area (TPSA) is 76.0 Å². The van der Waals surface area contributed by atoms with Gasteiger partial charge in [0.15, 0.2) is 0 Å². The normalized spacial score (nSPS) is 12.6. The van der Waals surface area contributed by atoms with E-state index in [0.717, 1.165) is 0 Å². The van der Waals surface area contributed by atoms with Crippen LogP contribution in [0.25, 0.3) is 0 Å². The van der Waals surface area contributed by atoms with E-state index in [1.165, 1.54) is 0 Å². The first-order valence-electron chi connectivity index (χ1n) is 1.60. The smallest absolute Gasteiger partial charge is 0.301 e. The quantitative estimate of drug-likeness (QED) is 0.355. The van der Waals surface area contributed by atoms with Crippen LogP contribution in [0.15, 0.2) is 0 Å². The molecule has 5 nitrogen and oxygen atoms in total. The number of alkyl halides is 2. The molecule has 0 radical (unpaired) electrons. The third-order valence-electron chi connectivity index (χ3n) is 0.213. The molecule has 56 valence electrons. The molecule has 8 heteroatoms. The van der Waals surface area contributed by atoms with Gasteiger partial charge in [-0.2, -0.15) is 13.7 Å². The highest BCUT2D eigenvalue weighted by Gasteiger charge is 2.18. The molecule has 2 N–H and O–H groups in total. The highest BCUT2D eigenvalue weighted by molar-refractivity contribution is 7.46. The minimum atomic E-state index is -4.92. The zero-order valence-electron chi connectivity index (χ0n) is 3.90. The van der Waals surface area contributed by atoms with Crippen LogP contribution in [-0.2, 0) is 14.1 Å². The van der Waals surface area contributed by atoms with Crippen molar-refractivity contribution in [1.82, 2.24) is 0 Å². The molecule has 0 unspecified atom stereocenters. The van der Waals surface area contributed by atoms with Crippen molar-refractivity contribution in [3.05, 3.63) is 0 Å². The zero-order valence-corrected chi connectivity index (χ0v) is 4.79. The van der Waals surface area contributed by atoms with E-state index in [9.17, 15) is 13.3 Å². The van der Waals surface area contributed by atoms with Crippen molar-refractivity contribution in [1.29, 1.82) is 0 Å². The van der Waals surface area contributed by atoms with Crippen molar-refractivity contribution in [2.75, 3.05) is 0 Å². The maximum absolute atomic E-state index is 10.9. The van der Waals surface area contributed by atoms with Gasteiger partial charge < -0.3 is 9.79 Å². The molecule has 0 heterocycles. The summed E-state index contributed by atoms with van der Waals surface area (Å²) in [6.45, 7) is -3.35. The van der Waals surface area contributed by atoms with E-state index in [1.807, 2.05) is 0 Å². The molecule has 0 saturated heterocycles. The molecule has 0 rings (SSSR count). The number of rotatable bonds is 3. The Bertz CT molecular complexity index is 118. The number of hydrogen-bond acceptors (Lipinski definition) is 3. The van der Waals surface area contributed by atoms with Gasteiger partial charge in [0.1, 0.15) is 0 Å². The predicted molar refractivity (Wildman–Crippen MR) is 20.2 cm³/mol. The summed E-state index contributed by atoms with van der Waals surface area (Å²) in [5.74, 6) is 0. The van der Waals surface area contributed by atoms with Crippen LogP contribution in [0.2, 0.25) is 0 Å². The van der Waals surface area contributed by atoms with Crippen molar-refractivity contribution in [3.8, 4) is 0 Å². The second kappa shape index (κ2) is 3.19. The molecule has 0 aliphatic rings. The van der Waals surface area contributed by atoms with Crippen LogP contribution in [0.1, 0.15) is 0 Å². The Morgan fingerprint density at radius 3 is 2.00 bits per heavy atom. The van der Waals surface area contributed by atoms with Crippen LogP contribution in [-0.4, -0.2) is 16.4 Å². The van der Waals surface area contributed by atoms with E-state index in [4.69, 9.17) is 9.79 Å². The predicted octanol–water partition coefficient (Wildman–Crippen LogP) is 0.250. The summed E-state index contributed by atoms with van der Waals surface area (Å²) >= 11 is 0. The van der Waals surface area contributed by atoms with Gasteiger partial charge in [0.2, 0.25) is 0 Å². The fourth-order valence-corrected chi connectivity index (χ4v) is 0.266. The number of phosphoric acid groups is 1. The minimum Gasteiger partial charge on any atom is -0.301 e. The molecule has 0 atom stereocenters. The van der Waals surface area contributed by atoms with Crippen molar-refractivity contribution >= 4 is 7.82 Å². The second-order valence-electron chi connectivity index (χ2n) is 0.922. The van der Waals surface area contributed by atoms with E-state index in [-0.39, 0.29) is 0 Å². The molecular weight excluding hydrogens is 161 g/mol. The highest BCUT2D eigenvalue weighted by atomic mass is 31.2. The monoisotopic (exact) mass is 164 g/mol. The van der Waals surface area contributed by atoms with Gasteiger partial charge in [0.05, 0.1) is 0 Å². The first kappa shape index (κ1) is 8.93. The minimum absolute atomic E-state index is 2.81. The van der Waals surface area contributed by atoms with Crippen molar-refractivity contribution < 1.29 is 32.7 Å². The lowest BCUT2D eigenvalue weighted by molar-refractivity contribution is -0.332. The van der Waals surface area contributed by atoms with Crippen LogP contribution >= 0.6 is 7.82 Å². The van der Waals surface area contributed by atoms with E-state index >= 15 is 0 Å². The first-order chi connectivity index (χ1) is 3.92. The molecule has 0 aliphatic heterocycles. The lowest BCUT2D eigenvalue weighted by Gasteiger charge is -2.01. The molecule has 0 aliphatic carbocycles. The van der Waals surface area contributed by atoms with Crippen LogP contribution < -0.4 is 0 Å². The summed E-state index contributed by atoms with van der Waals surface area (Å²) in [7, 11) is -4.92. The maximum Gasteiger partial charge on any atom is 0.497 e. The standard InChI is InChI=1S/CH3F2O5P/c2-1(3)7-8-9(4,5)6/h1H,(H2,4,5,6). The van der Waals surface area contributed by atoms with E-state index in [2.05, 4.69) is 9.56 Å². The fourth-order valence-electron chi connectivity index (χ4n) is 0.0886. The van der Waals surface area contributed by atoms with Crippen LogP contribution in [0.4, 0.5) is 8.78 Å². The van der Waals surface area contributed by atoms with E-state index < -0.39 is 14.4 Å². The number of hydrogen-bond donors (Lipinski definition) is 2. The number of halogens is 2. The highest BCUT2D eigenvalue weighted by Crippen LogP contribution is 2.36. The van der Waals surface area contributed by atoms with Gasteiger partial charge in [-0.3, -0.25) is 0 Å². The molecular formula is CH3F2O5P. The molecule has 0 bridgehead atoms. The molecule has 0 aromatic rings. The van der Waals surface area contributed by atoms with Gasteiger partial charge >= 0.3 is 14.4 Å². The molecule has 0 spiro atoms. The average molecular weight is 164 g/mol. The third kappa shape index (κ3) is 7.93. The molecule has 0 saturated carbocycles. The summed E-state index contributed by atoms with van der Waals surface area (Å²) in [4.78, 5) is 18.2. The fraction of sp³-hybridized carbons (Fsp3) is 1.00. The maximum atomic E-state index is 10.9. The molecule has 0 aromatic heterocycles. The van der Waals surface area contributed by atoms with Crippen LogP contribution in [0.3, 0.4) is 0 Å². The lowest BCUT2D eigenvalue weighted by atomic mass is 11.5. The van der Waals surface area contributed by atoms with Gasteiger partial charge in [0, 0.05) is 0 Å². The largest absolute Gasteiger partial charge is 0.497 e. The van der Waals surface area contributed by atoms with Gasteiger partial charge in [-0.25, -0.2) is 4.57 Å². The average Bonchev–Trinajstić information content (AvgIpc) is 1.59. The molecule has 0 fully saturated rings. The molecule has 0 aromatic carbocycles. The second-order valence-corrected chi connectivity index (χ2v) is 2.05. The van der Waals surface area contributed by atoms with E-state index in [0.29, 0.717) is 0 Å². The Balaban J connectivity index is 3.40. The summed E-state index contributed by atoms with van der Waals surface area (Å²) in [5, 5.41) is 0. The van der Waals surface area contributed by atoms with Crippen molar-refractivity contribution in [2.24, 2.45) is 0 Å². The van der Waals surface area contributed by atoms with Crippen LogP contribution in [0.5, 0.6) is 0 Å². The Labute approximate surface area is 48.4 Å². The SMILES string of the molecule is O=P(O)(O)OOC(F)F. The zero-order chi connectivity index (χ0) is 7.49. The van der Waals surface area contributed by atoms with Crippen molar-refractivity contribution in [2.45, 2.75) is 6.61 Å². The Hall–Kier alpha value is -0.0700. The molecule has 9 heavy (non-hydrogen) atoms. The third-order valence-corrected chi connectivity index (χ3v) is 0.493. The Kier molecular flexibility index (Phi) is 3.16.